The van der Waals surface area contributed by atoms with E-state index in [-0.39, 0.29) is 28.9 Å². The summed E-state index contributed by atoms with van der Waals surface area (Å²) in [6.07, 6.45) is 10.3. The van der Waals surface area contributed by atoms with E-state index in [0.717, 1.165) is 44.9 Å². The van der Waals surface area contributed by atoms with Gasteiger partial charge in [-0.15, -0.1) is 0 Å². The number of rotatable bonds is 10. The zero-order chi connectivity index (χ0) is 37.1. The lowest BCUT2D eigenvalue weighted by molar-refractivity contribution is -0.264. The molecule has 5 aliphatic rings. The molecule has 0 aliphatic heterocycles. The van der Waals surface area contributed by atoms with E-state index in [0.29, 0.717) is 43.4 Å². The number of aliphatic hydroxyl groups is 2. The molecular weight excluding hydrogens is 608 g/mol. The Labute approximate surface area is 292 Å². The van der Waals surface area contributed by atoms with Crippen molar-refractivity contribution in [3.63, 3.8) is 0 Å². The van der Waals surface area contributed by atoms with Crippen LogP contribution in [0.3, 0.4) is 0 Å². The SMILES string of the molecule is CCC(C)(C)C(=O)O.CCC(C)(C)C(=O)OC1(CC)CC(C)CCC1C(C)C.CCC(C)(C)C(=O)OC12CC3CC(O)(CC(O)(C3)C1)C2. The van der Waals surface area contributed by atoms with E-state index in [2.05, 4.69) is 34.6 Å². The molecule has 5 unspecified atom stereocenters. The lowest BCUT2D eigenvalue weighted by Crippen LogP contribution is -2.67. The molecule has 0 radical (unpaired) electrons. The van der Waals surface area contributed by atoms with Crippen molar-refractivity contribution in [2.24, 2.45) is 39.9 Å². The Hall–Kier alpha value is -1.67. The van der Waals surface area contributed by atoms with Crippen LogP contribution in [0.15, 0.2) is 0 Å². The molecule has 5 saturated carbocycles. The maximum Gasteiger partial charge on any atom is 0.312 e. The topological polar surface area (TPSA) is 130 Å². The summed E-state index contributed by atoms with van der Waals surface area (Å²) in [6.45, 7) is 26.1. The third kappa shape index (κ3) is 9.98. The number of hydrogen-bond donors (Lipinski definition) is 3. The molecule has 5 rings (SSSR count). The highest BCUT2D eigenvalue weighted by atomic mass is 16.6. The van der Waals surface area contributed by atoms with Crippen LogP contribution >= 0.6 is 0 Å². The molecule has 8 nitrogen and oxygen atoms in total. The van der Waals surface area contributed by atoms with Crippen LogP contribution in [0.25, 0.3) is 0 Å². The summed E-state index contributed by atoms with van der Waals surface area (Å²) in [5.41, 5.74) is -3.99. The summed E-state index contributed by atoms with van der Waals surface area (Å²) in [5.74, 6) is 1.07. The Morgan fingerprint density at radius 2 is 1.17 bits per heavy atom. The first-order valence-electron chi connectivity index (χ1n) is 18.9. The number of carbonyl (C=O) groups is 3. The van der Waals surface area contributed by atoms with Crippen LogP contribution < -0.4 is 0 Å². The number of carboxylic acid groups (broad SMARTS) is 1. The molecule has 5 atom stereocenters. The van der Waals surface area contributed by atoms with Crippen LogP contribution in [-0.4, -0.2) is 55.6 Å². The molecule has 0 saturated heterocycles. The average molecular weight is 681 g/mol. The predicted octanol–water partition coefficient (Wildman–Crippen LogP) is 8.88. The normalized spacial score (nSPS) is 34.4. The van der Waals surface area contributed by atoms with Crippen molar-refractivity contribution in [3.8, 4) is 0 Å². The fraction of sp³-hybridized carbons (Fsp3) is 0.925. The first-order valence-corrected chi connectivity index (χ1v) is 18.9. The highest BCUT2D eigenvalue weighted by molar-refractivity contribution is 5.77. The number of ether oxygens (including phenoxy) is 2. The van der Waals surface area contributed by atoms with E-state index in [9.17, 15) is 24.6 Å². The Morgan fingerprint density at radius 1 is 0.708 bits per heavy atom. The summed E-state index contributed by atoms with van der Waals surface area (Å²) >= 11 is 0. The largest absolute Gasteiger partial charge is 0.481 e. The van der Waals surface area contributed by atoms with Crippen LogP contribution in [0.4, 0.5) is 0 Å². The fourth-order valence-electron chi connectivity index (χ4n) is 8.57. The first-order chi connectivity index (χ1) is 21.8. The third-order valence-electron chi connectivity index (χ3n) is 12.6. The van der Waals surface area contributed by atoms with Gasteiger partial charge in [-0.3, -0.25) is 14.4 Å². The van der Waals surface area contributed by atoms with Gasteiger partial charge in [0.05, 0.1) is 27.4 Å². The maximum absolute atomic E-state index is 12.6. The van der Waals surface area contributed by atoms with Crippen LogP contribution in [0.2, 0.25) is 0 Å². The molecule has 0 aromatic heterocycles. The molecular formula is C40H72O8. The number of carbonyl (C=O) groups excluding carboxylic acids is 2. The third-order valence-corrected chi connectivity index (χ3v) is 12.6. The van der Waals surface area contributed by atoms with Crippen molar-refractivity contribution in [2.75, 3.05) is 0 Å². The molecule has 48 heavy (non-hydrogen) atoms. The van der Waals surface area contributed by atoms with Gasteiger partial charge in [-0.1, -0.05) is 54.9 Å². The van der Waals surface area contributed by atoms with Gasteiger partial charge in [0.2, 0.25) is 0 Å². The van der Waals surface area contributed by atoms with Crippen LogP contribution in [0.1, 0.15) is 173 Å². The van der Waals surface area contributed by atoms with Gasteiger partial charge in [-0.05, 0) is 117 Å². The van der Waals surface area contributed by atoms with Crippen LogP contribution in [-0.2, 0) is 23.9 Å². The zero-order valence-corrected chi connectivity index (χ0v) is 32.9. The minimum absolute atomic E-state index is 0.0124. The number of aliphatic carboxylic acids is 1. The van der Waals surface area contributed by atoms with Crippen molar-refractivity contribution in [1.29, 1.82) is 0 Å². The summed E-state index contributed by atoms with van der Waals surface area (Å²) in [5, 5.41) is 29.8. The van der Waals surface area contributed by atoms with Gasteiger partial charge >= 0.3 is 17.9 Å². The fourth-order valence-corrected chi connectivity index (χ4v) is 8.57. The zero-order valence-electron chi connectivity index (χ0n) is 32.9. The van der Waals surface area contributed by atoms with Crippen molar-refractivity contribution in [1.82, 2.24) is 0 Å². The standard InChI is InChI=1S/C18H34O2.C16H26O4.C6H12O2/c1-8-17(6,7)16(19)20-18(9-2)12-14(5)10-11-15(18)13(3)4;1-4-13(2,3)12(17)20-16-7-11-5-14(18,9-16)8-15(19,6-11)10-16;1-4-6(2,3)5(7)8/h13-15H,8-12H2,1-7H3;11,18-19H,4-10H2,1-3H3;4H2,1-3H3,(H,7,8). The monoisotopic (exact) mass is 681 g/mol. The molecule has 280 valence electrons. The van der Waals surface area contributed by atoms with Gasteiger partial charge in [0, 0.05) is 25.2 Å². The molecule has 0 aromatic carbocycles. The highest BCUT2D eigenvalue weighted by Crippen LogP contribution is 2.60. The van der Waals surface area contributed by atoms with Crippen LogP contribution in [0.5, 0.6) is 0 Å². The van der Waals surface area contributed by atoms with E-state index < -0.39 is 33.6 Å². The van der Waals surface area contributed by atoms with Gasteiger partial charge in [0.1, 0.15) is 11.2 Å². The second-order valence-electron chi connectivity index (χ2n) is 18.6. The Bertz CT molecular complexity index is 1100. The van der Waals surface area contributed by atoms with Gasteiger partial charge in [-0.25, -0.2) is 0 Å². The highest BCUT2D eigenvalue weighted by Gasteiger charge is 2.64. The summed E-state index contributed by atoms with van der Waals surface area (Å²) in [7, 11) is 0. The molecule has 0 aromatic rings. The Balaban J connectivity index is 0.000000274. The quantitative estimate of drug-likeness (QED) is 0.195. The van der Waals surface area contributed by atoms with Gasteiger partial charge in [0.25, 0.3) is 0 Å². The van der Waals surface area contributed by atoms with Crippen molar-refractivity contribution in [2.45, 2.75) is 196 Å². The number of hydrogen-bond acceptors (Lipinski definition) is 7. The van der Waals surface area contributed by atoms with E-state index >= 15 is 0 Å². The van der Waals surface area contributed by atoms with Gasteiger partial charge in [-0.2, -0.15) is 0 Å². The van der Waals surface area contributed by atoms with Crippen molar-refractivity contribution < 1.29 is 39.2 Å². The minimum Gasteiger partial charge on any atom is -0.481 e. The Morgan fingerprint density at radius 3 is 1.52 bits per heavy atom. The first kappa shape index (κ1) is 42.5. The second kappa shape index (κ2) is 15.3. The minimum atomic E-state index is -0.842. The molecule has 0 heterocycles. The predicted molar refractivity (Wildman–Crippen MR) is 190 cm³/mol. The lowest BCUT2D eigenvalue weighted by Gasteiger charge is -2.62. The van der Waals surface area contributed by atoms with Crippen molar-refractivity contribution >= 4 is 17.9 Å². The summed E-state index contributed by atoms with van der Waals surface area (Å²) < 4.78 is 12.1. The van der Waals surface area contributed by atoms with Crippen molar-refractivity contribution in [3.05, 3.63) is 0 Å². The molecule has 5 fully saturated rings. The van der Waals surface area contributed by atoms with E-state index in [4.69, 9.17) is 14.6 Å². The van der Waals surface area contributed by atoms with E-state index in [1.54, 1.807) is 13.8 Å². The molecule has 0 amide bonds. The van der Waals surface area contributed by atoms with Gasteiger partial charge in [0.15, 0.2) is 0 Å². The average Bonchev–Trinajstić information content (AvgIpc) is 2.95. The lowest BCUT2D eigenvalue weighted by atomic mass is 9.50. The van der Waals surface area contributed by atoms with E-state index in [1.807, 2.05) is 41.5 Å². The van der Waals surface area contributed by atoms with Gasteiger partial charge < -0.3 is 24.8 Å². The second-order valence-corrected chi connectivity index (χ2v) is 18.6. The Kier molecular flexibility index (Phi) is 13.5. The maximum atomic E-state index is 12.6. The smallest absolute Gasteiger partial charge is 0.312 e. The van der Waals surface area contributed by atoms with E-state index in [1.165, 1.54) is 12.8 Å². The number of carboxylic acids is 1. The molecule has 0 spiro atoms. The molecule has 8 heteroatoms. The van der Waals surface area contributed by atoms with Crippen LogP contribution in [0, 0.1) is 39.9 Å². The molecule has 5 aliphatic carbocycles. The summed E-state index contributed by atoms with van der Waals surface area (Å²) in [6, 6.07) is 0. The number of esters is 2. The molecule has 3 N–H and O–H groups in total. The summed E-state index contributed by atoms with van der Waals surface area (Å²) in [4.78, 5) is 35.2. The molecule has 4 bridgehead atoms.